The topological polar surface area (TPSA) is 92.5 Å². The van der Waals surface area contributed by atoms with E-state index >= 15 is 0 Å². The molecule has 0 radical (unpaired) electrons. The lowest BCUT2D eigenvalue weighted by Gasteiger charge is -2.26. The number of hydrogen-bond acceptors (Lipinski definition) is 3. The molecule has 2 aromatic rings. The highest BCUT2D eigenvalue weighted by Crippen LogP contribution is 2.22. The molecule has 0 saturated carbocycles. The molecule has 0 unspecified atom stereocenters. The third-order valence-corrected chi connectivity index (χ3v) is 4.39. The summed E-state index contributed by atoms with van der Waals surface area (Å²) < 4.78 is 0. The fourth-order valence-electron chi connectivity index (χ4n) is 3.05. The predicted molar refractivity (Wildman–Crippen MR) is 99.9 cm³/mol. The van der Waals surface area contributed by atoms with Crippen LogP contribution in [0.1, 0.15) is 35.2 Å². The second kappa shape index (κ2) is 7.82. The van der Waals surface area contributed by atoms with Gasteiger partial charge in [-0.1, -0.05) is 18.2 Å². The first-order chi connectivity index (χ1) is 12.5. The van der Waals surface area contributed by atoms with Crippen LogP contribution in [0, 0.1) is 0 Å². The molecule has 1 heterocycles. The van der Waals surface area contributed by atoms with Crippen LogP contribution in [-0.2, 0) is 16.0 Å². The summed E-state index contributed by atoms with van der Waals surface area (Å²) in [6.07, 6.45) is 2.55. The number of rotatable bonds is 5. The number of primary amides is 1. The van der Waals surface area contributed by atoms with E-state index in [4.69, 9.17) is 5.73 Å². The van der Waals surface area contributed by atoms with Crippen LogP contribution in [0.5, 0.6) is 0 Å². The van der Waals surface area contributed by atoms with Gasteiger partial charge in [-0.2, -0.15) is 0 Å². The Morgan fingerprint density at radius 1 is 1.04 bits per heavy atom. The number of anilines is 2. The van der Waals surface area contributed by atoms with Crippen molar-refractivity contribution in [3.8, 4) is 0 Å². The van der Waals surface area contributed by atoms with E-state index < -0.39 is 5.91 Å². The van der Waals surface area contributed by atoms with Crippen molar-refractivity contribution >= 4 is 29.1 Å². The molecule has 6 nitrogen and oxygen atoms in total. The van der Waals surface area contributed by atoms with Crippen molar-refractivity contribution in [2.45, 2.75) is 25.7 Å². The quantitative estimate of drug-likeness (QED) is 0.867. The third-order valence-electron chi connectivity index (χ3n) is 4.39. The Bertz CT molecular complexity index is 830. The Morgan fingerprint density at radius 3 is 2.46 bits per heavy atom. The zero-order chi connectivity index (χ0) is 18.5. The summed E-state index contributed by atoms with van der Waals surface area (Å²) in [6, 6.07) is 14.0. The van der Waals surface area contributed by atoms with Crippen LogP contribution >= 0.6 is 0 Å². The SMILES string of the molecule is NC(=O)Cc1ccccc1NC(=O)c1ccc(N2CCCCC2=O)cc1. The van der Waals surface area contributed by atoms with E-state index in [9.17, 15) is 14.4 Å². The standard InChI is InChI=1S/C20H21N3O3/c21-18(24)13-15-5-1-2-6-17(15)22-20(26)14-8-10-16(11-9-14)23-12-4-3-7-19(23)25/h1-2,5-6,8-11H,3-4,7,12-13H2,(H2,21,24)(H,22,26). The minimum absolute atomic E-state index is 0.0620. The Hall–Kier alpha value is -3.15. The largest absolute Gasteiger partial charge is 0.369 e. The summed E-state index contributed by atoms with van der Waals surface area (Å²) in [5.41, 5.74) is 7.77. The highest BCUT2D eigenvalue weighted by Gasteiger charge is 2.19. The van der Waals surface area contributed by atoms with E-state index in [1.807, 2.05) is 0 Å². The smallest absolute Gasteiger partial charge is 0.255 e. The lowest BCUT2D eigenvalue weighted by atomic mass is 10.1. The van der Waals surface area contributed by atoms with Crippen LogP contribution in [0.3, 0.4) is 0 Å². The number of benzene rings is 2. The van der Waals surface area contributed by atoms with Gasteiger partial charge in [0.05, 0.1) is 6.42 Å². The van der Waals surface area contributed by atoms with Crippen molar-refractivity contribution in [3.63, 3.8) is 0 Å². The summed E-state index contributed by atoms with van der Waals surface area (Å²) in [6.45, 7) is 0.713. The number of nitrogens with zero attached hydrogens (tertiary/aromatic N) is 1. The normalized spacial score (nSPS) is 14.2. The van der Waals surface area contributed by atoms with Crippen LogP contribution in [-0.4, -0.2) is 24.3 Å². The van der Waals surface area contributed by atoms with Gasteiger partial charge in [0.2, 0.25) is 11.8 Å². The number of para-hydroxylation sites is 1. The molecule has 3 N–H and O–H groups in total. The maximum Gasteiger partial charge on any atom is 0.255 e. The molecule has 0 spiro atoms. The first-order valence-electron chi connectivity index (χ1n) is 8.62. The molecule has 26 heavy (non-hydrogen) atoms. The van der Waals surface area contributed by atoms with E-state index in [0.717, 1.165) is 18.5 Å². The van der Waals surface area contributed by atoms with Gasteiger partial charge in [-0.3, -0.25) is 14.4 Å². The Balaban J connectivity index is 1.73. The number of amides is 3. The first-order valence-corrected chi connectivity index (χ1v) is 8.62. The molecule has 1 aliphatic rings. The van der Waals surface area contributed by atoms with E-state index in [2.05, 4.69) is 5.32 Å². The van der Waals surface area contributed by atoms with Crippen molar-refractivity contribution in [2.24, 2.45) is 5.73 Å². The van der Waals surface area contributed by atoms with Crippen LogP contribution in [0.4, 0.5) is 11.4 Å². The van der Waals surface area contributed by atoms with Crippen LogP contribution in [0.2, 0.25) is 0 Å². The number of carbonyl (C=O) groups excluding carboxylic acids is 3. The molecule has 0 atom stereocenters. The predicted octanol–water partition coefficient (Wildman–Crippen LogP) is 2.48. The number of hydrogen-bond donors (Lipinski definition) is 2. The van der Waals surface area contributed by atoms with Gasteiger partial charge in [-0.05, 0) is 48.7 Å². The monoisotopic (exact) mass is 351 g/mol. The molecule has 0 aromatic heterocycles. The second-order valence-electron chi connectivity index (χ2n) is 6.30. The Kier molecular flexibility index (Phi) is 5.31. The second-order valence-corrected chi connectivity index (χ2v) is 6.30. The molecule has 1 aliphatic heterocycles. The molecule has 3 amide bonds. The van der Waals surface area contributed by atoms with Gasteiger partial charge in [-0.25, -0.2) is 0 Å². The summed E-state index contributed by atoms with van der Waals surface area (Å²) in [5, 5.41) is 2.81. The van der Waals surface area contributed by atoms with Crippen LogP contribution in [0.25, 0.3) is 0 Å². The molecule has 6 heteroatoms. The van der Waals surface area contributed by atoms with Crippen molar-refractivity contribution in [1.29, 1.82) is 0 Å². The van der Waals surface area contributed by atoms with Crippen molar-refractivity contribution in [2.75, 3.05) is 16.8 Å². The average molecular weight is 351 g/mol. The zero-order valence-corrected chi connectivity index (χ0v) is 14.4. The summed E-state index contributed by atoms with van der Waals surface area (Å²) in [7, 11) is 0. The Labute approximate surface area is 152 Å². The average Bonchev–Trinajstić information content (AvgIpc) is 2.63. The van der Waals surface area contributed by atoms with Crippen LogP contribution in [0.15, 0.2) is 48.5 Å². The van der Waals surface area contributed by atoms with E-state index in [0.29, 0.717) is 29.8 Å². The maximum atomic E-state index is 12.5. The fraction of sp³-hybridized carbons (Fsp3) is 0.250. The van der Waals surface area contributed by atoms with Gasteiger partial charge in [0, 0.05) is 29.9 Å². The molecule has 2 aromatic carbocycles. The molecular formula is C20H21N3O3. The molecule has 3 rings (SSSR count). The van der Waals surface area contributed by atoms with Gasteiger partial charge < -0.3 is 16.0 Å². The van der Waals surface area contributed by atoms with E-state index in [1.54, 1.807) is 53.4 Å². The van der Waals surface area contributed by atoms with Gasteiger partial charge in [0.15, 0.2) is 0 Å². The fourth-order valence-corrected chi connectivity index (χ4v) is 3.05. The zero-order valence-electron chi connectivity index (χ0n) is 14.4. The van der Waals surface area contributed by atoms with Crippen molar-refractivity contribution < 1.29 is 14.4 Å². The first kappa shape index (κ1) is 17.7. The van der Waals surface area contributed by atoms with Crippen molar-refractivity contribution in [1.82, 2.24) is 0 Å². The van der Waals surface area contributed by atoms with Crippen LogP contribution < -0.4 is 16.0 Å². The highest BCUT2D eigenvalue weighted by molar-refractivity contribution is 6.05. The number of piperidine rings is 1. The third kappa shape index (κ3) is 4.08. The Morgan fingerprint density at radius 2 is 1.77 bits per heavy atom. The molecule has 0 bridgehead atoms. The summed E-state index contributed by atoms with van der Waals surface area (Å²) in [5.74, 6) is -0.616. The van der Waals surface area contributed by atoms with Crippen molar-refractivity contribution in [3.05, 3.63) is 59.7 Å². The van der Waals surface area contributed by atoms with Gasteiger partial charge in [-0.15, -0.1) is 0 Å². The minimum Gasteiger partial charge on any atom is -0.369 e. The molecular weight excluding hydrogens is 330 g/mol. The van der Waals surface area contributed by atoms with Gasteiger partial charge >= 0.3 is 0 Å². The van der Waals surface area contributed by atoms with E-state index in [-0.39, 0.29) is 18.2 Å². The maximum absolute atomic E-state index is 12.5. The highest BCUT2D eigenvalue weighted by atomic mass is 16.2. The molecule has 134 valence electrons. The summed E-state index contributed by atoms with van der Waals surface area (Å²) >= 11 is 0. The minimum atomic E-state index is -0.456. The number of carbonyl (C=O) groups is 3. The number of nitrogens with two attached hydrogens (primary N) is 1. The molecule has 0 aliphatic carbocycles. The lowest BCUT2D eigenvalue weighted by Crippen LogP contribution is -2.35. The van der Waals surface area contributed by atoms with E-state index in [1.165, 1.54) is 0 Å². The number of nitrogens with one attached hydrogen (secondary N) is 1. The lowest BCUT2D eigenvalue weighted by molar-refractivity contribution is -0.119. The molecule has 1 saturated heterocycles. The summed E-state index contributed by atoms with van der Waals surface area (Å²) in [4.78, 5) is 37.4. The van der Waals surface area contributed by atoms with Gasteiger partial charge in [0.25, 0.3) is 5.91 Å². The molecule has 1 fully saturated rings. The van der Waals surface area contributed by atoms with Gasteiger partial charge in [0.1, 0.15) is 0 Å².